The molecule has 0 aliphatic carbocycles. The van der Waals surface area contributed by atoms with E-state index in [4.69, 9.17) is 11.5 Å². The van der Waals surface area contributed by atoms with Crippen LogP contribution in [0.4, 0.5) is 11.4 Å². The summed E-state index contributed by atoms with van der Waals surface area (Å²) < 4.78 is 0. The highest BCUT2D eigenvalue weighted by Gasteiger charge is 2.19. The lowest BCUT2D eigenvalue weighted by Gasteiger charge is -2.35. The first-order chi connectivity index (χ1) is 11.5. The zero-order valence-electron chi connectivity index (χ0n) is 13.7. The van der Waals surface area contributed by atoms with E-state index < -0.39 is 0 Å². The number of phenolic OH excluding ortho intramolecular Hbond substituents is 2. The summed E-state index contributed by atoms with van der Waals surface area (Å²) in [6.45, 7) is 4.98. The minimum atomic E-state index is 0.288. The number of phenols is 2. The van der Waals surface area contributed by atoms with Crippen molar-refractivity contribution in [1.29, 1.82) is 0 Å². The van der Waals surface area contributed by atoms with Gasteiger partial charge in [0.1, 0.15) is 11.5 Å². The van der Waals surface area contributed by atoms with Crippen molar-refractivity contribution >= 4 is 11.4 Å². The Morgan fingerprint density at radius 1 is 0.708 bits per heavy atom. The normalized spacial score (nSPS) is 16.3. The van der Waals surface area contributed by atoms with Crippen LogP contribution in [-0.4, -0.2) is 46.2 Å². The summed E-state index contributed by atoms with van der Waals surface area (Å²) in [6.07, 6.45) is 0. The zero-order chi connectivity index (χ0) is 17.1. The van der Waals surface area contributed by atoms with Crippen molar-refractivity contribution < 1.29 is 10.2 Å². The highest BCUT2D eigenvalue weighted by atomic mass is 16.3. The number of anilines is 2. The molecule has 6 nitrogen and oxygen atoms in total. The number of nitrogen functional groups attached to an aromatic ring is 2. The van der Waals surface area contributed by atoms with Crippen molar-refractivity contribution in [3.63, 3.8) is 0 Å². The van der Waals surface area contributed by atoms with E-state index in [0.717, 1.165) is 37.3 Å². The topological polar surface area (TPSA) is 99.0 Å². The summed E-state index contributed by atoms with van der Waals surface area (Å²) in [5, 5.41) is 19.9. The average molecular weight is 328 g/mol. The molecule has 2 aromatic rings. The Morgan fingerprint density at radius 3 is 1.46 bits per heavy atom. The smallest absolute Gasteiger partial charge is 0.120 e. The maximum Gasteiger partial charge on any atom is 0.120 e. The minimum Gasteiger partial charge on any atom is -0.508 e. The fourth-order valence-electron chi connectivity index (χ4n) is 3.05. The van der Waals surface area contributed by atoms with Crippen LogP contribution >= 0.6 is 0 Å². The number of nitrogens with zero attached hydrogens (tertiary/aromatic N) is 2. The fourth-order valence-corrected chi connectivity index (χ4v) is 3.05. The van der Waals surface area contributed by atoms with Gasteiger partial charge in [-0.25, -0.2) is 0 Å². The summed E-state index contributed by atoms with van der Waals surface area (Å²) in [5.41, 5.74) is 14.6. The average Bonchev–Trinajstić information content (AvgIpc) is 2.56. The second-order valence-electron chi connectivity index (χ2n) is 6.33. The Bertz CT molecular complexity index is 651. The van der Waals surface area contributed by atoms with Crippen LogP contribution in [0.15, 0.2) is 36.4 Å². The fraction of sp³-hybridized carbons (Fsp3) is 0.333. The van der Waals surface area contributed by atoms with Crippen molar-refractivity contribution in [3.05, 3.63) is 47.5 Å². The van der Waals surface area contributed by atoms with Gasteiger partial charge < -0.3 is 21.7 Å². The van der Waals surface area contributed by atoms with Gasteiger partial charge in [0.05, 0.1) is 0 Å². The SMILES string of the molecule is Nc1ccc(O)c(CN2CCN(Cc3cc(N)ccc3O)CC2)c1. The molecule has 0 radical (unpaired) electrons. The summed E-state index contributed by atoms with van der Waals surface area (Å²) in [5.74, 6) is 0.577. The van der Waals surface area contributed by atoms with Gasteiger partial charge in [-0.2, -0.15) is 0 Å². The van der Waals surface area contributed by atoms with Crippen LogP contribution in [0.3, 0.4) is 0 Å². The molecular formula is C18H24N4O2. The molecule has 6 heteroatoms. The predicted octanol–water partition coefficient (Wildman–Crippen LogP) is 1.58. The van der Waals surface area contributed by atoms with Crippen molar-refractivity contribution in [1.82, 2.24) is 9.80 Å². The first kappa shape index (κ1) is 16.4. The lowest BCUT2D eigenvalue weighted by atomic mass is 10.1. The largest absolute Gasteiger partial charge is 0.508 e. The monoisotopic (exact) mass is 328 g/mol. The molecule has 128 valence electrons. The molecule has 0 atom stereocenters. The van der Waals surface area contributed by atoms with Gasteiger partial charge in [0.25, 0.3) is 0 Å². The summed E-state index contributed by atoms with van der Waals surface area (Å²) in [7, 11) is 0. The third kappa shape index (κ3) is 3.90. The van der Waals surface area contributed by atoms with Crippen LogP contribution in [0.25, 0.3) is 0 Å². The number of hydrogen-bond donors (Lipinski definition) is 4. The van der Waals surface area contributed by atoms with Gasteiger partial charge in [-0.15, -0.1) is 0 Å². The van der Waals surface area contributed by atoms with E-state index in [1.54, 1.807) is 24.3 Å². The number of hydrogen-bond acceptors (Lipinski definition) is 6. The molecule has 2 aromatic carbocycles. The van der Waals surface area contributed by atoms with Crippen LogP contribution in [-0.2, 0) is 13.1 Å². The Hall–Kier alpha value is -2.44. The first-order valence-corrected chi connectivity index (χ1v) is 8.11. The Morgan fingerprint density at radius 2 is 1.08 bits per heavy atom. The van der Waals surface area contributed by atoms with Gasteiger partial charge in [0.2, 0.25) is 0 Å². The highest BCUT2D eigenvalue weighted by molar-refractivity contribution is 5.48. The molecule has 0 unspecified atom stereocenters. The van der Waals surface area contributed by atoms with Gasteiger partial charge in [-0.1, -0.05) is 0 Å². The number of piperazine rings is 1. The van der Waals surface area contributed by atoms with Crippen molar-refractivity contribution in [2.24, 2.45) is 0 Å². The number of rotatable bonds is 4. The van der Waals surface area contributed by atoms with E-state index in [2.05, 4.69) is 9.80 Å². The third-order valence-corrected chi connectivity index (χ3v) is 4.46. The summed E-state index contributed by atoms with van der Waals surface area (Å²) >= 11 is 0. The van der Waals surface area contributed by atoms with Gasteiger partial charge >= 0.3 is 0 Å². The summed E-state index contributed by atoms with van der Waals surface area (Å²) in [4.78, 5) is 4.59. The minimum absolute atomic E-state index is 0.288. The quantitative estimate of drug-likeness (QED) is 0.502. The standard InChI is InChI=1S/C18H24N4O2/c19-15-1-3-17(23)13(9-15)11-21-5-7-22(8-6-21)12-14-10-16(20)2-4-18(14)24/h1-4,9-10,23-24H,5-8,11-12,19-20H2. The Kier molecular flexibility index (Phi) is 4.78. The van der Waals surface area contributed by atoms with E-state index in [1.165, 1.54) is 0 Å². The number of aromatic hydroxyl groups is 2. The molecular weight excluding hydrogens is 304 g/mol. The Balaban J connectivity index is 1.56. The molecule has 1 aliphatic heterocycles. The number of benzene rings is 2. The predicted molar refractivity (Wildman–Crippen MR) is 95.6 cm³/mol. The third-order valence-electron chi connectivity index (χ3n) is 4.46. The molecule has 24 heavy (non-hydrogen) atoms. The molecule has 0 spiro atoms. The second-order valence-corrected chi connectivity index (χ2v) is 6.33. The van der Waals surface area contributed by atoms with Crippen molar-refractivity contribution in [2.45, 2.75) is 13.1 Å². The molecule has 3 rings (SSSR count). The number of nitrogens with two attached hydrogens (primary N) is 2. The first-order valence-electron chi connectivity index (χ1n) is 8.11. The van der Waals surface area contributed by atoms with E-state index in [0.29, 0.717) is 24.5 Å². The van der Waals surface area contributed by atoms with Crippen molar-refractivity contribution in [2.75, 3.05) is 37.6 Å². The lowest BCUT2D eigenvalue weighted by molar-refractivity contribution is 0.120. The van der Waals surface area contributed by atoms with Gasteiger partial charge in [0.15, 0.2) is 0 Å². The highest BCUT2D eigenvalue weighted by Crippen LogP contribution is 2.24. The molecule has 6 N–H and O–H groups in total. The van der Waals surface area contributed by atoms with Gasteiger partial charge in [-0.3, -0.25) is 9.80 Å². The van der Waals surface area contributed by atoms with E-state index in [9.17, 15) is 10.2 Å². The molecule has 0 amide bonds. The molecule has 1 fully saturated rings. The van der Waals surface area contributed by atoms with Crippen LogP contribution in [0, 0.1) is 0 Å². The van der Waals surface area contributed by atoms with Crippen molar-refractivity contribution in [3.8, 4) is 11.5 Å². The molecule has 1 saturated heterocycles. The molecule has 1 aliphatic rings. The second kappa shape index (κ2) is 6.98. The van der Waals surface area contributed by atoms with Gasteiger partial charge in [0, 0.05) is 61.8 Å². The maximum absolute atomic E-state index is 9.94. The lowest BCUT2D eigenvalue weighted by Crippen LogP contribution is -2.45. The zero-order valence-corrected chi connectivity index (χ0v) is 13.7. The molecule has 1 heterocycles. The van der Waals surface area contributed by atoms with E-state index >= 15 is 0 Å². The molecule has 0 aromatic heterocycles. The molecule has 0 saturated carbocycles. The van der Waals surface area contributed by atoms with Crippen LogP contribution < -0.4 is 11.5 Å². The van der Waals surface area contributed by atoms with Crippen LogP contribution in [0.1, 0.15) is 11.1 Å². The van der Waals surface area contributed by atoms with E-state index in [-0.39, 0.29) is 11.5 Å². The van der Waals surface area contributed by atoms with Crippen LogP contribution in [0.2, 0.25) is 0 Å². The summed E-state index contributed by atoms with van der Waals surface area (Å²) in [6, 6.07) is 10.3. The van der Waals surface area contributed by atoms with Gasteiger partial charge in [-0.05, 0) is 36.4 Å². The molecule has 0 bridgehead atoms. The Labute approximate surface area is 141 Å². The maximum atomic E-state index is 9.94. The van der Waals surface area contributed by atoms with Crippen LogP contribution in [0.5, 0.6) is 11.5 Å². The van der Waals surface area contributed by atoms with E-state index in [1.807, 2.05) is 12.1 Å².